The highest BCUT2D eigenvalue weighted by Gasteiger charge is 2.13. The van der Waals surface area contributed by atoms with Crippen LogP contribution in [0.5, 0.6) is 5.75 Å². The number of ether oxygens (including phenoxy) is 1. The van der Waals surface area contributed by atoms with Crippen molar-refractivity contribution >= 4 is 11.8 Å². The maximum atomic E-state index is 5.26. The summed E-state index contributed by atoms with van der Waals surface area (Å²) in [5.74, 6) is 3.46. The molecule has 1 fully saturated rings. The number of hydrogen-bond acceptors (Lipinski definition) is 4. The lowest BCUT2D eigenvalue weighted by molar-refractivity contribution is 0.411. The van der Waals surface area contributed by atoms with Gasteiger partial charge in [0.1, 0.15) is 5.75 Å². The predicted molar refractivity (Wildman–Crippen MR) is 72.7 cm³/mol. The number of hydrogen-bond donors (Lipinski definition) is 1. The second-order valence-corrected chi connectivity index (χ2v) is 5.63. The zero-order valence-electron chi connectivity index (χ0n) is 10.5. The molecule has 0 amide bonds. The second-order valence-electron chi connectivity index (χ2n) is 4.41. The molecule has 0 atom stereocenters. The highest BCUT2D eigenvalue weighted by atomic mass is 32.2. The zero-order valence-corrected chi connectivity index (χ0v) is 11.3. The van der Waals surface area contributed by atoms with Crippen LogP contribution < -0.4 is 10.1 Å². The van der Waals surface area contributed by atoms with Crippen LogP contribution in [-0.4, -0.2) is 29.6 Å². The fraction of sp³-hybridized carbons (Fsp3) is 0.615. The Balaban J connectivity index is 1.91. The third-order valence-electron chi connectivity index (χ3n) is 3.01. The molecule has 0 radical (unpaired) electrons. The van der Waals surface area contributed by atoms with Crippen molar-refractivity contribution in [2.75, 3.05) is 18.6 Å². The average molecular weight is 252 g/mol. The number of thioether (sulfide) groups is 1. The summed E-state index contributed by atoms with van der Waals surface area (Å²) in [7, 11) is 1.70. The van der Waals surface area contributed by atoms with Crippen LogP contribution in [-0.2, 0) is 6.54 Å². The van der Waals surface area contributed by atoms with Gasteiger partial charge in [-0.05, 0) is 31.3 Å². The fourth-order valence-corrected chi connectivity index (χ4v) is 3.17. The van der Waals surface area contributed by atoms with Gasteiger partial charge in [-0.1, -0.05) is 0 Å². The Labute approximate surface area is 107 Å². The first-order chi connectivity index (χ1) is 8.28. The molecule has 0 aromatic carbocycles. The number of methoxy groups -OCH3 is 1. The van der Waals surface area contributed by atoms with Crippen LogP contribution in [0.4, 0.5) is 0 Å². The molecule has 0 spiro atoms. The van der Waals surface area contributed by atoms with E-state index in [1.807, 2.05) is 19.1 Å². The Morgan fingerprint density at radius 1 is 1.41 bits per heavy atom. The van der Waals surface area contributed by atoms with Gasteiger partial charge in [-0.25, -0.2) is 0 Å². The molecule has 1 aliphatic rings. The molecule has 0 saturated carbocycles. The Morgan fingerprint density at radius 3 is 2.88 bits per heavy atom. The van der Waals surface area contributed by atoms with Crippen molar-refractivity contribution in [3.8, 4) is 5.75 Å². The second kappa shape index (κ2) is 6.26. The van der Waals surface area contributed by atoms with E-state index in [4.69, 9.17) is 4.74 Å². The molecule has 3 nitrogen and oxygen atoms in total. The van der Waals surface area contributed by atoms with Gasteiger partial charge in [-0.15, -0.1) is 0 Å². The topological polar surface area (TPSA) is 34.1 Å². The van der Waals surface area contributed by atoms with Gasteiger partial charge in [0.05, 0.1) is 12.8 Å². The van der Waals surface area contributed by atoms with Gasteiger partial charge in [0.15, 0.2) is 0 Å². The van der Waals surface area contributed by atoms with Crippen LogP contribution >= 0.6 is 11.8 Å². The van der Waals surface area contributed by atoms with Crippen LogP contribution in [0.3, 0.4) is 0 Å². The lowest BCUT2D eigenvalue weighted by Crippen LogP contribution is -2.32. The van der Waals surface area contributed by atoms with Gasteiger partial charge >= 0.3 is 0 Å². The molecule has 1 saturated heterocycles. The largest absolute Gasteiger partial charge is 0.497 e. The Hall–Kier alpha value is -0.740. The summed E-state index contributed by atoms with van der Waals surface area (Å²) in [5.41, 5.74) is 2.08. The maximum absolute atomic E-state index is 5.26. The first kappa shape index (κ1) is 12.7. The average Bonchev–Trinajstić information content (AvgIpc) is 2.37. The smallest absolute Gasteiger partial charge is 0.122 e. The fourth-order valence-electron chi connectivity index (χ4n) is 2.06. The van der Waals surface area contributed by atoms with Gasteiger partial charge in [0, 0.05) is 30.4 Å². The summed E-state index contributed by atoms with van der Waals surface area (Å²) in [4.78, 5) is 4.52. The van der Waals surface area contributed by atoms with Crippen LogP contribution in [0.25, 0.3) is 0 Å². The van der Waals surface area contributed by atoms with Gasteiger partial charge in [0.25, 0.3) is 0 Å². The number of pyridine rings is 1. The lowest BCUT2D eigenvalue weighted by Gasteiger charge is -2.22. The van der Waals surface area contributed by atoms with Crippen molar-refractivity contribution in [1.29, 1.82) is 0 Å². The molecule has 0 bridgehead atoms. The van der Waals surface area contributed by atoms with E-state index in [1.165, 1.54) is 24.3 Å². The number of aromatic nitrogens is 1. The molecule has 17 heavy (non-hydrogen) atoms. The molecule has 94 valence electrons. The van der Waals surface area contributed by atoms with Gasteiger partial charge < -0.3 is 10.1 Å². The Bertz CT molecular complexity index is 364. The summed E-state index contributed by atoms with van der Waals surface area (Å²) in [5, 5.41) is 3.59. The molecule has 2 rings (SSSR count). The summed E-state index contributed by atoms with van der Waals surface area (Å²) >= 11 is 2.05. The van der Waals surface area contributed by atoms with Gasteiger partial charge in [-0.2, -0.15) is 11.8 Å². The first-order valence-electron chi connectivity index (χ1n) is 6.10. The number of nitrogens with one attached hydrogen (secondary N) is 1. The third-order valence-corrected chi connectivity index (χ3v) is 4.06. The maximum Gasteiger partial charge on any atom is 0.122 e. The summed E-state index contributed by atoms with van der Waals surface area (Å²) in [6.45, 7) is 2.84. The van der Waals surface area contributed by atoms with E-state index in [0.717, 1.165) is 23.7 Å². The van der Waals surface area contributed by atoms with E-state index >= 15 is 0 Å². The molecule has 0 unspecified atom stereocenters. The number of nitrogens with zero attached hydrogens (tertiary/aromatic N) is 1. The van der Waals surface area contributed by atoms with Crippen molar-refractivity contribution in [3.05, 3.63) is 23.5 Å². The standard InChI is InChI=1S/C13H20N2OS/c1-10-7-13(16-2)8-12(15-10)9-14-11-3-5-17-6-4-11/h7-8,11,14H,3-6,9H2,1-2H3. The van der Waals surface area contributed by atoms with Crippen molar-refractivity contribution in [2.45, 2.75) is 32.4 Å². The molecule has 1 aromatic rings. The van der Waals surface area contributed by atoms with Gasteiger partial charge in [-0.3, -0.25) is 4.98 Å². The van der Waals surface area contributed by atoms with Crippen LogP contribution in [0.15, 0.2) is 12.1 Å². The summed E-state index contributed by atoms with van der Waals surface area (Å²) in [6.07, 6.45) is 2.54. The van der Waals surface area contributed by atoms with E-state index < -0.39 is 0 Å². The monoisotopic (exact) mass is 252 g/mol. The van der Waals surface area contributed by atoms with E-state index in [2.05, 4.69) is 22.1 Å². The molecule has 1 N–H and O–H groups in total. The van der Waals surface area contributed by atoms with Crippen molar-refractivity contribution in [3.63, 3.8) is 0 Å². The molecule has 2 heterocycles. The molecular formula is C13H20N2OS. The van der Waals surface area contributed by atoms with E-state index in [9.17, 15) is 0 Å². The third kappa shape index (κ3) is 3.89. The highest BCUT2D eigenvalue weighted by molar-refractivity contribution is 7.99. The minimum Gasteiger partial charge on any atom is -0.497 e. The SMILES string of the molecule is COc1cc(C)nc(CNC2CCSCC2)c1. The van der Waals surface area contributed by atoms with E-state index in [-0.39, 0.29) is 0 Å². The van der Waals surface area contributed by atoms with Crippen molar-refractivity contribution in [1.82, 2.24) is 10.3 Å². The minimum absolute atomic E-state index is 0.657. The number of aryl methyl sites for hydroxylation is 1. The van der Waals surface area contributed by atoms with Gasteiger partial charge in [0.2, 0.25) is 0 Å². The first-order valence-corrected chi connectivity index (χ1v) is 7.26. The minimum atomic E-state index is 0.657. The van der Waals surface area contributed by atoms with E-state index in [1.54, 1.807) is 7.11 Å². The Kier molecular flexibility index (Phi) is 4.68. The Morgan fingerprint density at radius 2 is 2.18 bits per heavy atom. The van der Waals surface area contributed by atoms with Crippen molar-refractivity contribution < 1.29 is 4.74 Å². The summed E-state index contributed by atoms with van der Waals surface area (Å²) < 4.78 is 5.26. The van der Waals surface area contributed by atoms with Crippen LogP contribution in [0.2, 0.25) is 0 Å². The highest BCUT2D eigenvalue weighted by Crippen LogP contribution is 2.18. The lowest BCUT2D eigenvalue weighted by atomic mass is 10.1. The zero-order chi connectivity index (χ0) is 12.1. The predicted octanol–water partition coefficient (Wildman–Crippen LogP) is 2.38. The van der Waals surface area contributed by atoms with E-state index in [0.29, 0.717) is 6.04 Å². The molecule has 1 aromatic heterocycles. The molecular weight excluding hydrogens is 232 g/mol. The molecule has 1 aliphatic heterocycles. The van der Waals surface area contributed by atoms with Crippen LogP contribution in [0.1, 0.15) is 24.2 Å². The quantitative estimate of drug-likeness (QED) is 0.892. The summed E-state index contributed by atoms with van der Waals surface area (Å²) in [6, 6.07) is 4.63. The molecule has 4 heteroatoms. The normalized spacial score (nSPS) is 17.1. The number of rotatable bonds is 4. The van der Waals surface area contributed by atoms with Crippen molar-refractivity contribution in [2.24, 2.45) is 0 Å². The molecule has 0 aliphatic carbocycles. The van der Waals surface area contributed by atoms with Crippen LogP contribution in [0, 0.1) is 6.92 Å².